The summed E-state index contributed by atoms with van der Waals surface area (Å²) in [5.74, 6) is -0.933. The predicted octanol–water partition coefficient (Wildman–Crippen LogP) is 2.01. The van der Waals surface area contributed by atoms with Crippen LogP contribution in [0.25, 0.3) is 0 Å². The van der Waals surface area contributed by atoms with E-state index >= 15 is 0 Å². The van der Waals surface area contributed by atoms with E-state index in [2.05, 4.69) is 15.5 Å². The van der Waals surface area contributed by atoms with E-state index in [-0.39, 0.29) is 37.3 Å². The molecule has 0 bridgehead atoms. The van der Waals surface area contributed by atoms with Crippen molar-refractivity contribution in [3.8, 4) is 0 Å². The molecular weight excluding hydrogens is 394 g/mol. The second-order valence-corrected chi connectivity index (χ2v) is 8.28. The van der Waals surface area contributed by atoms with Crippen molar-refractivity contribution in [3.63, 3.8) is 0 Å². The molecule has 1 aromatic heterocycles. The van der Waals surface area contributed by atoms with Gasteiger partial charge in [0.25, 0.3) is 11.8 Å². The maximum absolute atomic E-state index is 13.6. The van der Waals surface area contributed by atoms with Crippen LogP contribution < -0.4 is 10.2 Å². The molecule has 3 amide bonds. The van der Waals surface area contributed by atoms with Crippen LogP contribution in [-0.4, -0.2) is 51.6 Å². The summed E-state index contributed by atoms with van der Waals surface area (Å²) in [4.78, 5) is 42.7. The average molecular weight is 415 g/mol. The zero-order chi connectivity index (χ0) is 20.8. The van der Waals surface area contributed by atoms with Crippen molar-refractivity contribution in [2.24, 2.45) is 0 Å². The van der Waals surface area contributed by atoms with Crippen LogP contribution in [0.15, 0.2) is 24.3 Å². The van der Waals surface area contributed by atoms with Gasteiger partial charge in [-0.3, -0.25) is 24.6 Å². The van der Waals surface area contributed by atoms with Crippen LogP contribution in [0.1, 0.15) is 42.1 Å². The quantitative estimate of drug-likeness (QED) is 0.801. The fourth-order valence-electron chi connectivity index (χ4n) is 4.09. The number of carbonyl (C=O) groups excluding carboxylic acids is 3. The number of carbonyl (C=O) groups is 3. The molecule has 152 valence electrons. The third-order valence-electron chi connectivity index (χ3n) is 5.13. The van der Waals surface area contributed by atoms with Crippen molar-refractivity contribution < 1.29 is 19.1 Å². The normalized spacial score (nSPS) is 20.8. The topological polar surface area (TPSA) is 105 Å². The van der Waals surface area contributed by atoms with Gasteiger partial charge in [0.2, 0.25) is 16.7 Å². The number of anilines is 2. The summed E-state index contributed by atoms with van der Waals surface area (Å²) in [5, 5.41) is 11.6. The second-order valence-electron chi connectivity index (χ2n) is 7.22. The van der Waals surface area contributed by atoms with Crippen LogP contribution in [0, 0.1) is 0 Å². The molecule has 1 saturated heterocycles. The van der Waals surface area contributed by atoms with Gasteiger partial charge in [0.1, 0.15) is 11.6 Å². The van der Waals surface area contributed by atoms with Gasteiger partial charge in [0, 0.05) is 26.0 Å². The summed E-state index contributed by atoms with van der Waals surface area (Å²) in [5.41, 5.74) is -0.563. The van der Waals surface area contributed by atoms with Crippen molar-refractivity contribution >= 4 is 39.9 Å². The van der Waals surface area contributed by atoms with Gasteiger partial charge >= 0.3 is 0 Å². The molecule has 1 N–H and O–H groups in total. The predicted molar refractivity (Wildman–Crippen MR) is 106 cm³/mol. The molecule has 9 nitrogen and oxygen atoms in total. The van der Waals surface area contributed by atoms with Crippen LogP contribution in [0.2, 0.25) is 0 Å². The highest BCUT2D eigenvalue weighted by Gasteiger charge is 2.61. The van der Waals surface area contributed by atoms with Gasteiger partial charge in [-0.15, -0.1) is 10.2 Å². The minimum absolute atomic E-state index is 0.170. The van der Waals surface area contributed by atoms with Crippen molar-refractivity contribution in [1.29, 1.82) is 0 Å². The minimum Gasteiger partial charge on any atom is -0.377 e. The van der Waals surface area contributed by atoms with Crippen LogP contribution in [0.4, 0.5) is 10.8 Å². The fraction of sp³-hybridized carbons (Fsp3) is 0.421. The molecule has 1 fully saturated rings. The maximum Gasteiger partial charge on any atom is 0.273 e. The Morgan fingerprint density at radius 1 is 1.31 bits per heavy atom. The maximum atomic E-state index is 13.6. The summed E-state index contributed by atoms with van der Waals surface area (Å²) in [6.07, 6.45) is 0.378. The third kappa shape index (κ3) is 2.90. The van der Waals surface area contributed by atoms with Gasteiger partial charge in [-0.2, -0.15) is 0 Å². The molecule has 1 atom stereocenters. The van der Waals surface area contributed by atoms with Crippen molar-refractivity contribution in [3.05, 3.63) is 34.8 Å². The summed E-state index contributed by atoms with van der Waals surface area (Å²) >= 11 is 1.19. The highest BCUT2D eigenvalue weighted by molar-refractivity contribution is 7.15. The lowest BCUT2D eigenvalue weighted by Crippen LogP contribution is -2.70. The lowest BCUT2D eigenvalue weighted by atomic mass is 9.94. The van der Waals surface area contributed by atoms with Crippen molar-refractivity contribution in [2.75, 3.05) is 17.3 Å². The molecule has 0 aliphatic carbocycles. The Morgan fingerprint density at radius 3 is 2.79 bits per heavy atom. The van der Waals surface area contributed by atoms with E-state index in [0.717, 1.165) is 0 Å². The number of para-hydroxylation sites is 1. The number of nitrogens with one attached hydrogen (secondary N) is 1. The SMILES string of the molecule is COCc1nnc(NC(=O)[C@]23CCC(=O)N2c2ccccc2C(=O)N3C(C)C)s1. The smallest absolute Gasteiger partial charge is 0.273 e. The van der Waals surface area contributed by atoms with Gasteiger partial charge in [-0.1, -0.05) is 23.5 Å². The minimum atomic E-state index is -1.44. The molecule has 0 spiro atoms. The molecule has 0 saturated carbocycles. The van der Waals surface area contributed by atoms with Crippen LogP contribution in [0.3, 0.4) is 0 Å². The van der Waals surface area contributed by atoms with Gasteiger partial charge in [0.05, 0.1) is 11.3 Å². The summed E-state index contributed by atoms with van der Waals surface area (Å²) < 4.78 is 5.04. The number of fused-ring (bicyclic) bond motifs is 3. The standard InChI is InChI=1S/C19H21N5O4S/c1-11(2)23-16(26)12-6-4-5-7-13(12)24-15(25)8-9-19(23,24)17(27)20-18-22-21-14(29-18)10-28-3/h4-7,11H,8-10H2,1-3H3,(H,20,22,27)/t19-/m0/s1. The number of hydrogen-bond acceptors (Lipinski definition) is 7. The number of benzene rings is 1. The number of methoxy groups -OCH3 is 1. The van der Waals surface area contributed by atoms with Gasteiger partial charge in [-0.25, -0.2) is 0 Å². The number of amides is 3. The lowest BCUT2D eigenvalue weighted by molar-refractivity contribution is -0.129. The molecule has 10 heteroatoms. The first-order valence-corrected chi connectivity index (χ1v) is 10.1. The number of hydrogen-bond donors (Lipinski definition) is 1. The Morgan fingerprint density at radius 2 is 2.07 bits per heavy atom. The molecule has 29 heavy (non-hydrogen) atoms. The number of nitrogens with zero attached hydrogens (tertiary/aromatic N) is 4. The average Bonchev–Trinajstić information content (AvgIpc) is 3.27. The van der Waals surface area contributed by atoms with E-state index < -0.39 is 11.6 Å². The van der Waals surface area contributed by atoms with Crippen LogP contribution in [0.5, 0.6) is 0 Å². The van der Waals surface area contributed by atoms with Crippen molar-refractivity contribution in [2.45, 2.75) is 45.0 Å². The van der Waals surface area contributed by atoms with E-state index in [1.54, 1.807) is 31.4 Å². The second kappa shape index (κ2) is 7.20. The van der Waals surface area contributed by atoms with Gasteiger partial charge in [0.15, 0.2) is 0 Å². The van der Waals surface area contributed by atoms with Crippen LogP contribution in [-0.2, 0) is 20.9 Å². The lowest BCUT2D eigenvalue weighted by Gasteiger charge is -2.50. The monoisotopic (exact) mass is 415 g/mol. The first-order valence-electron chi connectivity index (χ1n) is 9.28. The number of rotatable bonds is 5. The van der Waals surface area contributed by atoms with E-state index in [0.29, 0.717) is 21.4 Å². The molecule has 4 rings (SSSR count). The molecule has 2 aliphatic heterocycles. The number of aromatic nitrogens is 2. The Kier molecular flexibility index (Phi) is 4.83. The van der Waals surface area contributed by atoms with E-state index in [9.17, 15) is 14.4 Å². The summed E-state index contributed by atoms with van der Waals surface area (Å²) in [6, 6.07) is 6.60. The first-order chi connectivity index (χ1) is 13.9. The largest absolute Gasteiger partial charge is 0.377 e. The summed E-state index contributed by atoms with van der Waals surface area (Å²) in [7, 11) is 1.55. The highest BCUT2D eigenvalue weighted by atomic mass is 32.1. The highest BCUT2D eigenvalue weighted by Crippen LogP contribution is 2.45. The zero-order valence-corrected chi connectivity index (χ0v) is 17.2. The summed E-state index contributed by atoms with van der Waals surface area (Å²) in [6.45, 7) is 3.96. The molecule has 1 aromatic carbocycles. The van der Waals surface area contributed by atoms with Crippen LogP contribution >= 0.6 is 11.3 Å². The third-order valence-corrected chi connectivity index (χ3v) is 5.95. The van der Waals surface area contributed by atoms with E-state index in [4.69, 9.17) is 4.74 Å². The van der Waals surface area contributed by atoms with Gasteiger partial charge in [-0.05, 0) is 26.0 Å². The number of ether oxygens (including phenoxy) is 1. The Bertz CT molecular complexity index is 990. The van der Waals surface area contributed by atoms with Crippen molar-refractivity contribution in [1.82, 2.24) is 15.1 Å². The van der Waals surface area contributed by atoms with E-state index in [1.165, 1.54) is 21.1 Å². The molecule has 3 heterocycles. The van der Waals surface area contributed by atoms with E-state index in [1.807, 2.05) is 13.8 Å². The molecule has 0 unspecified atom stereocenters. The molecule has 0 radical (unpaired) electrons. The zero-order valence-electron chi connectivity index (χ0n) is 16.3. The Balaban J connectivity index is 1.80. The molecule has 2 aromatic rings. The first kappa shape index (κ1) is 19.5. The Labute approximate surface area is 171 Å². The fourth-order valence-corrected chi connectivity index (χ4v) is 4.80. The van der Waals surface area contributed by atoms with Gasteiger partial charge < -0.3 is 9.64 Å². The Hall–Kier alpha value is -2.85. The molecule has 2 aliphatic rings. The molecular formula is C19H21N5O4S.